The van der Waals surface area contributed by atoms with Crippen LogP contribution in [0.4, 0.5) is 4.39 Å². The number of thioether (sulfide) groups is 1. The Morgan fingerprint density at radius 1 is 1.20 bits per heavy atom. The molecule has 0 spiro atoms. The second-order valence-corrected chi connectivity index (χ2v) is 7.06. The monoisotopic (exact) mass is 320 g/mol. The molecular weight excluding hydrogens is 299 g/mol. The Morgan fingerprint density at radius 3 is 2.35 bits per heavy atom. The molecule has 0 bridgehead atoms. The first kappa shape index (κ1) is 17.4. The number of nitrogens with one attached hydrogen (secondary N) is 1. The van der Waals surface area contributed by atoms with Crippen molar-refractivity contribution in [1.82, 2.24) is 9.03 Å². The molecule has 1 aromatic carbocycles. The maximum absolute atomic E-state index is 12.7. The standard InChI is InChI=1S/C13H21FN2O2S2/c1-3-16(4-2)20(17,18)15-10-5-11-19-13-8-6-12(14)7-9-13/h6-9,15H,3-5,10-11H2,1-2H3. The largest absolute Gasteiger partial charge is 0.279 e. The molecule has 7 heteroatoms. The van der Waals surface area contributed by atoms with Gasteiger partial charge in [0.1, 0.15) is 5.82 Å². The van der Waals surface area contributed by atoms with Crippen molar-refractivity contribution in [3.8, 4) is 0 Å². The van der Waals surface area contributed by atoms with Crippen LogP contribution >= 0.6 is 11.8 Å². The Hall–Kier alpha value is -0.630. The highest BCUT2D eigenvalue weighted by Crippen LogP contribution is 2.18. The van der Waals surface area contributed by atoms with Gasteiger partial charge in [-0.1, -0.05) is 13.8 Å². The SMILES string of the molecule is CCN(CC)S(=O)(=O)NCCCSc1ccc(F)cc1. The van der Waals surface area contributed by atoms with Gasteiger partial charge in [-0.3, -0.25) is 0 Å². The maximum atomic E-state index is 12.7. The first-order valence-electron chi connectivity index (χ1n) is 6.62. The van der Waals surface area contributed by atoms with E-state index < -0.39 is 10.2 Å². The van der Waals surface area contributed by atoms with E-state index in [2.05, 4.69) is 4.72 Å². The molecule has 0 amide bonds. The molecule has 0 saturated carbocycles. The third-order valence-electron chi connectivity index (χ3n) is 2.73. The van der Waals surface area contributed by atoms with Crippen molar-refractivity contribution in [1.29, 1.82) is 0 Å². The van der Waals surface area contributed by atoms with Crippen LogP contribution in [0.2, 0.25) is 0 Å². The van der Waals surface area contributed by atoms with Crippen LogP contribution in [-0.4, -0.2) is 38.1 Å². The van der Waals surface area contributed by atoms with Crippen molar-refractivity contribution >= 4 is 22.0 Å². The van der Waals surface area contributed by atoms with Crippen LogP contribution in [0.5, 0.6) is 0 Å². The summed E-state index contributed by atoms with van der Waals surface area (Å²) in [5, 5.41) is 0. The lowest BCUT2D eigenvalue weighted by Gasteiger charge is -2.18. The fraction of sp³-hybridized carbons (Fsp3) is 0.538. The summed E-state index contributed by atoms with van der Waals surface area (Å²) in [7, 11) is -3.35. The molecule has 0 fully saturated rings. The molecule has 0 aliphatic heterocycles. The maximum Gasteiger partial charge on any atom is 0.279 e. The fourth-order valence-electron chi connectivity index (χ4n) is 1.65. The van der Waals surface area contributed by atoms with Gasteiger partial charge in [0, 0.05) is 24.5 Å². The van der Waals surface area contributed by atoms with Crippen LogP contribution in [0.1, 0.15) is 20.3 Å². The molecule has 1 rings (SSSR count). The minimum Gasteiger partial charge on any atom is -0.207 e. The van der Waals surface area contributed by atoms with E-state index >= 15 is 0 Å². The highest BCUT2D eigenvalue weighted by atomic mass is 32.2. The van der Waals surface area contributed by atoms with Gasteiger partial charge in [-0.15, -0.1) is 11.8 Å². The van der Waals surface area contributed by atoms with Gasteiger partial charge in [0.25, 0.3) is 10.2 Å². The van der Waals surface area contributed by atoms with Crippen LogP contribution < -0.4 is 4.72 Å². The van der Waals surface area contributed by atoms with Gasteiger partial charge in [0.2, 0.25) is 0 Å². The number of rotatable bonds is 9. The van der Waals surface area contributed by atoms with Gasteiger partial charge in [0.15, 0.2) is 0 Å². The summed E-state index contributed by atoms with van der Waals surface area (Å²) in [6, 6.07) is 6.29. The van der Waals surface area contributed by atoms with E-state index in [4.69, 9.17) is 0 Å². The Morgan fingerprint density at radius 2 is 1.80 bits per heavy atom. The number of hydrogen-bond donors (Lipinski definition) is 1. The summed E-state index contributed by atoms with van der Waals surface area (Å²) < 4.78 is 40.3. The summed E-state index contributed by atoms with van der Waals surface area (Å²) in [6.07, 6.45) is 0.725. The molecule has 0 radical (unpaired) electrons. The summed E-state index contributed by atoms with van der Waals surface area (Å²) in [4.78, 5) is 0.984. The van der Waals surface area contributed by atoms with Gasteiger partial charge in [-0.2, -0.15) is 12.7 Å². The number of nitrogens with zero attached hydrogens (tertiary/aromatic N) is 1. The highest BCUT2D eigenvalue weighted by Gasteiger charge is 2.16. The van der Waals surface area contributed by atoms with E-state index in [1.165, 1.54) is 16.4 Å². The normalized spacial score (nSPS) is 12.0. The van der Waals surface area contributed by atoms with Crippen LogP contribution in [-0.2, 0) is 10.2 Å². The molecule has 114 valence electrons. The van der Waals surface area contributed by atoms with E-state index in [-0.39, 0.29) is 5.82 Å². The first-order valence-corrected chi connectivity index (χ1v) is 9.05. The van der Waals surface area contributed by atoms with Crippen molar-refractivity contribution in [2.45, 2.75) is 25.2 Å². The summed E-state index contributed by atoms with van der Waals surface area (Å²) in [5.41, 5.74) is 0. The van der Waals surface area contributed by atoms with Crippen molar-refractivity contribution in [2.75, 3.05) is 25.4 Å². The topological polar surface area (TPSA) is 49.4 Å². The molecule has 4 nitrogen and oxygen atoms in total. The molecule has 1 N–H and O–H groups in total. The van der Waals surface area contributed by atoms with E-state index in [0.717, 1.165) is 17.1 Å². The fourth-order valence-corrected chi connectivity index (χ4v) is 3.77. The summed E-state index contributed by atoms with van der Waals surface area (Å²) in [5.74, 6) is 0.535. The second-order valence-electron chi connectivity index (χ2n) is 4.14. The predicted molar refractivity (Wildman–Crippen MR) is 81.6 cm³/mol. The lowest BCUT2D eigenvalue weighted by Crippen LogP contribution is -2.40. The second kappa shape index (κ2) is 8.61. The van der Waals surface area contributed by atoms with Crippen LogP contribution in [0, 0.1) is 5.82 Å². The molecule has 0 saturated heterocycles. The Labute approximate surface area is 124 Å². The minimum atomic E-state index is -3.35. The van der Waals surface area contributed by atoms with Gasteiger partial charge in [0.05, 0.1) is 0 Å². The van der Waals surface area contributed by atoms with Gasteiger partial charge in [-0.05, 0) is 36.4 Å². The summed E-state index contributed by atoms with van der Waals surface area (Å²) in [6.45, 7) is 4.97. The Kier molecular flexibility index (Phi) is 7.50. The third-order valence-corrected chi connectivity index (χ3v) is 5.60. The molecule has 0 heterocycles. The number of hydrogen-bond acceptors (Lipinski definition) is 3. The Bertz CT molecular complexity index is 488. The summed E-state index contributed by atoms with van der Waals surface area (Å²) >= 11 is 1.58. The molecule has 1 aromatic rings. The Balaban J connectivity index is 2.26. The number of halogens is 1. The lowest BCUT2D eigenvalue weighted by atomic mass is 10.4. The molecule has 0 unspecified atom stereocenters. The quantitative estimate of drug-likeness (QED) is 0.562. The zero-order valence-corrected chi connectivity index (χ0v) is 13.4. The molecule has 0 aliphatic carbocycles. The molecular formula is C13H21FN2O2S2. The zero-order valence-electron chi connectivity index (χ0n) is 11.8. The minimum absolute atomic E-state index is 0.249. The number of benzene rings is 1. The highest BCUT2D eigenvalue weighted by molar-refractivity contribution is 7.99. The van der Waals surface area contributed by atoms with Gasteiger partial charge >= 0.3 is 0 Å². The average molecular weight is 320 g/mol. The van der Waals surface area contributed by atoms with E-state index in [9.17, 15) is 12.8 Å². The van der Waals surface area contributed by atoms with Gasteiger partial charge in [-0.25, -0.2) is 9.11 Å². The van der Waals surface area contributed by atoms with E-state index in [0.29, 0.717) is 19.6 Å². The first-order chi connectivity index (χ1) is 9.49. The zero-order chi connectivity index (χ0) is 15.0. The molecule has 0 atom stereocenters. The third kappa shape index (κ3) is 5.78. The van der Waals surface area contributed by atoms with Crippen LogP contribution in [0.25, 0.3) is 0 Å². The van der Waals surface area contributed by atoms with Crippen LogP contribution in [0.3, 0.4) is 0 Å². The van der Waals surface area contributed by atoms with Crippen LogP contribution in [0.15, 0.2) is 29.2 Å². The average Bonchev–Trinajstić information content (AvgIpc) is 2.41. The predicted octanol–water partition coefficient (Wildman–Crippen LogP) is 2.48. The van der Waals surface area contributed by atoms with Gasteiger partial charge < -0.3 is 0 Å². The van der Waals surface area contributed by atoms with Crippen molar-refractivity contribution < 1.29 is 12.8 Å². The smallest absolute Gasteiger partial charge is 0.207 e. The molecule has 0 aromatic heterocycles. The molecule has 0 aliphatic rings. The lowest BCUT2D eigenvalue weighted by molar-refractivity contribution is 0.435. The van der Waals surface area contributed by atoms with E-state index in [1.807, 2.05) is 13.8 Å². The van der Waals surface area contributed by atoms with Crippen molar-refractivity contribution in [3.63, 3.8) is 0 Å². The molecule has 20 heavy (non-hydrogen) atoms. The van der Waals surface area contributed by atoms with Crippen molar-refractivity contribution in [2.24, 2.45) is 0 Å². The van der Waals surface area contributed by atoms with Crippen molar-refractivity contribution in [3.05, 3.63) is 30.1 Å². The van der Waals surface area contributed by atoms with E-state index in [1.54, 1.807) is 23.9 Å².